The van der Waals surface area contributed by atoms with Crippen molar-refractivity contribution in [2.24, 2.45) is 0 Å². The molecule has 0 amide bonds. The molecule has 0 aromatic heterocycles. The maximum Gasteiger partial charge on any atom is 0.261 e. The summed E-state index contributed by atoms with van der Waals surface area (Å²) in [7, 11) is -3.20. The van der Waals surface area contributed by atoms with Crippen molar-refractivity contribution >= 4 is 46.3 Å². The van der Waals surface area contributed by atoms with E-state index in [-0.39, 0.29) is 34.4 Å². The second kappa shape index (κ2) is 19.6. The first-order valence-corrected chi connectivity index (χ1v) is 24.3. The molecule has 0 unspecified atom stereocenters. The maximum atomic E-state index is 14.2. The minimum atomic E-state index is -3.20. The first-order chi connectivity index (χ1) is 26.7. The van der Waals surface area contributed by atoms with Gasteiger partial charge in [0.15, 0.2) is 0 Å². The molecule has 2 heterocycles. The fraction of sp³-hybridized carbons (Fsp3) is 0.478. The van der Waals surface area contributed by atoms with Crippen LogP contribution in [0.25, 0.3) is 0 Å². The van der Waals surface area contributed by atoms with Gasteiger partial charge in [0, 0.05) is 43.4 Å². The second-order valence-corrected chi connectivity index (χ2v) is 23.2. The Morgan fingerprint density at radius 3 is 1.12 bits per heavy atom. The molecule has 4 aromatic rings. The third-order valence-electron chi connectivity index (χ3n) is 10.3. The van der Waals surface area contributed by atoms with Crippen LogP contribution >= 0.6 is 25.1 Å². The zero-order valence-corrected chi connectivity index (χ0v) is 38.1. The lowest BCUT2D eigenvalue weighted by atomic mass is 9.80. The zero-order valence-electron chi connectivity index (χ0n) is 35.6. The molecule has 2 saturated heterocycles. The summed E-state index contributed by atoms with van der Waals surface area (Å²) in [4.78, 5) is 11.7. The topological polar surface area (TPSA) is 88.5 Å². The van der Waals surface area contributed by atoms with E-state index in [0.717, 1.165) is 36.3 Å². The Bertz CT molecular complexity index is 1790. The molecule has 2 aliphatic rings. The second-order valence-electron chi connectivity index (χ2n) is 17.3. The van der Waals surface area contributed by atoms with E-state index in [4.69, 9.17) is 25.4 Å². The van der Waals surface area contributed by atoms with Crippen molar-refractivity contribution in [2.45, 2.75) is 129 Å². The minimum absolute atomic E-state index is 0.0861. The van der Waals surface area contributed by atoms with Crippen LogP contribution in [0.4, 0.5) is 0 Å². The number of nitrogens with zero attached hydrogens (tertiary/aromatic N) is 2. The van der Waals surface area contributed by atoms with Crippen molar-refractivity contribution in [1.82, 2.24) is 10.1 Å². The van der Waals surface area contributed by atoms with Crippen LogP contribution in [0, 0.1) is 0 Å². The number of benzene rings is 4. The standard InChI is InChI=1S/C23H32NO3P.C12H10ClOP.C11H23NO2/c1-6-26-24-22(2,3)17-19(18-23(24,4)5)27-28(25,20-13-9-7-10-14-20)21-15-11-8-12-16-21;13-15(14,11-7-3-1-4-8-11)12-9-5-2-6-10-12;1-6-14-12-10(2,3)7-9(13)8-11(12,4)5/h7-16,19H,6,17-18H2,1-5H3;1-10H;9,13H,6-8H2,1-5H3. The monoisotopic (exact) mass is 838 g/mol. The van der Waals surface area contributed by atoms with Gasteiger partial charge in [-0.2, -0.15) is 10.1 Å². The number of aliphatic hydroxyl groups excluding tert-OH is 1. The van der Waals surface area contributed by atoms with E-state index >= 15 is 0 Å². The Kier molecular flexibility index (Phi) is 16.2. The van der Waals surface area contributed by atoms with Crippen LogP contribution in [0.15, 0.2) is 121 Å². The van der Waals surface area contributed by atoms with Crippen LogP contribution in [-0.4, -0.2) is 62.8 Å². The number of hydrogen-bond acceptors (Lipinski definition) is 8. The highest BCUT2D eigenvalue weighted by Gasteiger charge is 2.49. The molecule has 0 radical (unpaired) electrons. The van der Waals surface area contributed by atoms with Gasteiger partial charge < -0.3 is 9.63 Å². The van der Waals surface area contributed by atoms with Crippen molar-refractivity contribution < 1.29 is 28.4 Å². The predicted molar refractivity (Wildman–Crippen MR) is 238 cm³/mol. The van der Waals surface area contributed by atoms with Crippen LogP contribution in [0.5, 0.6) is 0 Å². The normalized spacial score (nSPS) is 19.7. The van der Waals surface area contributed by atoms with Gasteiger partial charge in [-0.25, -0.2) is 0 Å². The lowest BCUT2D eigenvalue weighted by Gasteiger charge is -2.53. The Balaban J connectivity index is 0.000000209. The Labute approximate surface area is 347 Å². The summed E-state index contributed by atoms with van der Waals surface area (Å²) < 4.78 is 33.2. The molecule has 57 heavy (non-hydrogen) atoms. The Morgan fingerprint density at radius 2 is 0.825 bits per heavy atom. The molecule has 312 valence electrons. The van der Waals surface area contributed by atoms with Gasteiger partial charge in [-0.15, -0.1) is 0 Å². The summed E-state index contributed by atoms with van der Waals surface area (Å²) in [6, 6.07) is 37.4. The molecule has 2 fully saturated rings. The van der Waals surface area contributed by atoms with Gasteiger partial charge in [0.05, 0.1) is 25.4 Å². The van der Waals surface area contributed by atoms with E-state index in [2.05, 4.69) is 60.5 Å². The maximum absolute atomic E-state index is 14.2. The molecule has 0 spiro atoms. The molecule has 6 rings (SSSR count). The third kappa shape index (κ3) is 12.0. The van der Waals surface area contributed by atoms with Gasteiger partial charge in [0.1, 0.15) is 0 Å². The first kappa shape index (κ1) is 47.1. The number of hydroxylamine groups is 4. The van der Waals surface area contributed by atoms with E-state index in [9.17, 15) is 14.2 Å². The molecular weight excluding hydrogens is 774 g/mol. The van der Waals surface area contributed by atoms with Crippen molar-refractivity contribution in [3.05, 3.63) is 121 Å². The first-order valence-electron chi connectivity index (χ1n) is 20.0. The number of halogens is 1. The third-order valence-corrected chi connectivity index (χ3v) is 16.0. The summed E-state index contributed by atoms with van der Waals surface area (Å²) in [6.45, 7) is 19.5. The summed E-state index contributed by atoms with van der Waals surface area (Å²) in [5.74, 6) is 0. The van der Waals surface area contributed by atoms with Gasteiger partial charge in [0.2, 0.25) is 6.49 Å². The summed E-state index contributed by atoms with van der Waals surface area (Å²) in [5, 5.41) is 16.8. The summed E-state index contributed by atoms with van der Waals surface area (Å²) in [5.41, 5.74) is -0.615. The predicted octanol–water partition coefficient (Wildman–Crippen LogP) is 10.0. The molecule has 0 atom stereocenters. The molecule has 11 heteroatoms. The van der Waals surface area contributed by atoms with Crippen molar-refractivity contribution in [1.29, 1.82) is 0 Å². The SMILES string of the molecule is CCON1C(C)(C)CC(O)CC1(C)C.CCON1C(C)(C)CC(OP(=O)(c2ccccc2)c2ccccc2)CC1(C)C.O=P(Cl)(c1ccccc1)c1ccccc1. The number of aliphatic hydroxyl groups is 1. The highest BCUT2D eigenvalue weighted by molar-refractivity contribution is 8.00. The molecule has 2 aliphatic heterocycles. The van der Waals surface area contributed by atoms with E-state index in [1.165, 1.54) is 0 Å². The summed E-state index contributed by atoms with van der Waals surface area (Å²) >= 11 is 6.14. The molecule has 1 N–H and O–H groups in total. The minimum Gasteiger partial charge on any atom is -0.393 e. The number of hydrogen-bond donors (Lipinski definition) is 1. The van der Waals surface area contributed by atoms with E-state index < -0.39 is 13.9 Å². The average Bonchev–Trinajstić information content (AvgIpc) is 3.16. The van der Waals surface area contributed by atoms with E-state index in [0.29, 0.717) is 23.8 Å². The van der Waals surface area contributed by atoms with Gasteiger partial charge in [-0.1, -0.05) is 97.1 Å². The highest BCUT2D eigenvalue weighted by atomic mass is 35.7. The van der Waals surface area contributed by atoms with Crippen LogP contribution < -0.4 is 21.2 Å². The lowest BCUT2D eigenvalue weighted by molar-refractivity contribution is -0.289. The van der Waals surface area contributed by atoms with Crippen molar-refractivity contribution in [2.75, 3.05) is 13.2 Å². The molecule has 0 saturated carbocycles. The number of piperidine rings is 2. The number of rotatable bonds is 10. The quantitative estimate of drug-likeness (QED) is 0.158. The molecule has 0 aliphatic carbocycles. The van der Waals surface area contributed by atoms with Crippen LogP contribution in [0.1, 0.15) is 94.9 Å². The largest absolute Gasteiger partial charge is 0.393 e. The van der Waals surface area contributed by atoms with Crippen LogP contribution in [-0.2, 0) is 23.3 Å². The van der Waals surface area contributed by atoms with Gasteiger partial charge in [-0.3, -0.25) is 18.8 Å². The Hall–Kier alpha value is -2.61. The Morgan fingerprint density at radius 1 is 0.544 bits per heavy atom. The van der Waals surface area contributed by atoms with Crippen LogP contribution in [0.2, 0.25) is 0 Å². The molecular formula is C46H65ClN2O6P2. The average molecular weight is 839 g/mol. The molecule has 0 bridgehead atoms. The fourth-order valence-corrected chi connectivity index (χ4v) is 12.9. The lowest BCUT2D eigenvalue weighted by Crippen LogP contribution is -2.61. The van der Waals surface area contributed by atoms with E-state index in [1.807, 2.05) is 116 Å². The molecule has 4 aromatic carbocycles. The fourth-order valence-electron chi connectivity index (χ4n) is 8.53. The van der Waals surface area contributed by atoms with Crippen LogP contribution in [0.3, 0.4) is 0 Å². The molecule has 8 nitrogen and oxygen atoms in total. The highest BCUT2D eigenvalue weighted by Crippen LogP contribution is 2.51. The van der Waals surface area contributed by atoms with Crippen molar-refractivity contribution in [3.8, 4) is 0 Å². The van der Waals surface area contributed by atoms with Gasteiger partial charge in [0.25, 0.3) is 7.37 Å². The van der Waals surface area contributed by atoms with Gasteiger partial charge >= 0.3 is 0 Å². The summed E-state index contributed by atoms with van der Waals surface area (Å²) in [6.07, 6.45) is 2.71. The van der Waals surface area contributed by atoms with Gasteiger partial charge in [-0.05, 0) is 130 Å². The van der Waals surface area contributed by atoms with E-state index in [1.54, 1.807) is 24.3 Å². The zero-order chi connectivity index (χ0) is 42.1. The van der Waals surface area contributed by atoms with Crippen molar-refractivity contribution in [3.63, 3.8) is 0 Å². The smallest absolute Gasteiger partial charge is 0.261 e.